The lowest BCUT2D eigenvalue weighted by molar-refractivity contribution is 0.304. The molecule has 1 aliphatic heterocycles. The van der Waals surface area contributed by atoms with Gasteiger partial charge in [0.15, 0.2) is 0 Å². The fourth-order valence-corrected chi connectivity index (χ4v) is 1.74. The predicted molar refractivity (Wildman–Crippen MR) is 52.4 cm³/mol. The van der Waals surface area contributed by atoms with Crippen molar-refractivity contribution in [1.29, 1.82) is 0 Å². The van der Waals surface area contributed by atoms with Crippen molar-refractivity contribution in [3.8, 4) is 0 Å². The molecule has 3 rings (SSSR count). The first-order chi connectivity index (χ1) is 6.84. The molecule has 1 aliphatic carbocycles. The Balaban J connectivity index is 1.98. The Morgan fingerprint density at radius 1 is 1.36 bits per heavy atom. The van der Waals surface area contributed by atoms with Crippen molar-refractivity contribution >= 4 is 0 Å². The van der Waals surface area contributed by atoms with Crippen molar-refractivity contribution in [2.75, 3.05) is 13.1 Å². The molecule has 2 aliphatic rings. The summed E-state index contributed by atoms with van der Waals surface area (Å²) in [5.74, 6) is 0.620. The predicted octanol–water partition coefficient (Wildman–Crippen LogP) is 0.265. The molecule has 1 N–H and O–H groups in total. The van der Waals surface area contributed by atoms with Gasteiger partial charge in [-0.15, -0.1) is 0 Å². The van der Waals surface area contributed by atoms with Crippen LogP contribution in [0.4, 0.5) is 0 Å². The zero-order chi connectivity index (χ0) is 9.54. The van der Waals surface area contributed by atoms with Crippen molar-refractivity contribution in [3.05, 3.63) is 28.2 Å². The molecule has 74 valence electrons. The lowest BCUT2D eigenvalue weighted by Gasteiger charge is -2.27. The van der Waals surface area contributed by atoms with E-state index in [0.717, 1.165) is 18.8 Å². The molecule has 4 nitrogen and oxygen atoms in total. The molecule has 1 aromatic heterocycles. The number of hydrogen-bond acceptors (Lipinski definition) is 3. The summed E-state index contributed by atoms with van der Waals surface area (Å²) >= 11 is 0. The largest absolute Gasteiger partial charge is 0.312 e. The third kappa shape index (κ3) is 1.26. The third-order valence-corrected chi connectivity index (χ3v) is 2.95. The molecule has 1 saturated heterocycles. The Labute approximate surface area is 81.9 Å². The Morgan fingerprint density at radius 2 is 2.14 bits per heavy atom. The number of rotatable bonds is 2. The average Bonchev–Trinajstić information content (AvgIpc) is 2.88. The second kappa shape index (κ2) is 2.92. The number of aromatic nitrogens is 2. The van der Waals surface area contributed by atoms with Crippen LogP contribution in [0, 0.1) is 0 Å². The van der Waals surface area contributed by atoms with Crippen LogP contribution in [0.25, 0.3) is 0 Å². The molecular weight excluding hydrogens is 178 g/mol. The van der Waals surface area contributed by atoms with Crippen molar-refractivity contribution in [2.45, 2.75) is 24.8 Å². The zero-order valence-electron chi connectivity index (χ0n) is 7.94. The van der Waals surface area contributed by atoms with Crippen LogP contribution >= 0.6 is 0 Å². The minimum absolute atomic E-state index is 0.0286. The highest BCUT2D eigenvalue weighted by Crippen LogP contribution is 2.38. The van der Waals surface area contributed by atoms with Gasteiger partial charge in [0.1, 0.15) is 0 Å². The maximum absolute atomic E-state index is 11.5. The minimum atomic E-state index is 0.0286. The van der Waals surface area contributed by atoms with E-state index in [-0.39, 0.29) is 11.6 Å². The van der Waals surface area contributed by atoms with Crippen LogP contribution in [0.1, 0.15) is 30.5 Å². The molecule has 0 aromatic carbocycles. The van der Waals surface area contributed by atoms with Gasteiger partial charge in [-0.25, -0.2) is 4.68 Å². The van der Waals surface area contributed by atoms with Gasteiger partial charge in [-0.05, 0) is 18.9 Å². The van der Waals surface area contributed by atoms with E-state index < -0.39 is 0 Å². The van der Waals surface area contributed by atoms with Crippen molar-refractivity contribution < 1.29 is 0 Å². The van der Waals surface area contributed by atoms with E-state index in [1.165, 1.54) is 12.8 Å². The molecule has 2 heterocycles. The van der Waals surface area contributed by atoms with E-state index in [1.54, 1.807) is 10.7 Å². The van der Waals surface area contributed by atoms with Gasteiger partial charge in [0.25, 0.3) is 5.56 Å². The molecular formula is C10H13N3O. The highest BCUT2D eigenvalue weighted by atomic mass is 16.1. The van der Waals surface area contributed by atoms with E-state index in [1.807, 2.05) is 6.07 Å². The molecule has 0 unspecified atom stereocenters. The second-order valence-corrected chi connectivity index (χ2v) is 4.13. The van der Waals surface area contributed by atoms with Crippen molar-refractivity contribution in [1.82, 2.24) is 15.1 Å². The fraction of sp³-hybridized carbons (Fsp3) is 0.600. The van der Waals surface area contributed by atoms with Crippen LogP contribution in [-0.2, 0) is 0 Å². The Morgan fingerprint density at radius 3 is 2.71 bits per heavy atom. The molecule has 0 bridgehead atoms. The monoisotopic (exact) mass is 191 g/mol. The summed E-state index contributed by atoms with van der Waals surface area (Å²) < 4.78 is 1.64. The third-order valence-electron chi connectivity index (χ3n) is 2.95. The summed E-state index contributed by atoms with van der Waals surface area (Å²) in [6.07, 6.45) is 2.46. The van der Waals surface area contributed by atoms with Gasteiger partial charge in [-0.3, -0.25) is 4.79 Å². The summed E-state index contributed by atoms with van der Waals surface area (Å²) in [4.78, 5) is 11.5. The minimum Gasteiger partial charge on any atom is -0.312 e. The molecule has 0 atom stereocenters. The zero-order valence-corrected chi connectivity index (χ0v) is 7.94. The normalized spacial score (nSPS) is 22.0. The summed E-state index contributed by atoms with van der Waals surface area (Å²) in [7, 11) is 0. The molecule has 2 fully saturated rings. The van der Waals surface area contributed by atoms with Crippen molar-refractivity contribution in [3.63, 3.8) is 0 Å². The molecule has 0 radical (unpaired) electrons. The van der Waals surface area contributed by atoms with Crippen LogP contribution in [-0.4, -0.2) is 22.9 Å². The lowest BCUT2D eigenvalue weighted by atomic mass is 10.2. The van der Waals surface area contributed by atoms with E-state index >= 15 is 0 Å². The molecule has 1 aromatic rings. The van der Waals surface area contributed by atoms with E-state index in [0.29, 0.717) is 5.92 Å². The number of hydrogen-bond donors (Lipinski definition) is 1. The molecule has 14 heavy (non-hydrogen) atoms. The first-order valence-electron chi connectivity index (χ1n) is 5.15. The standard InChI is InChI=1S/C10H13N3O/c14-10-4-3-9(7-1-2-7)12-13(10)8-5-11-6-8/h3-4,7-8,11H,1-2,5-6H2. The van der Waals surface area contributed by atoms with Crippen LogP contribution in [0.2, 0.25) is 0 Å². The highest BCUT2D eigenvalue weighted by Gasteiger charge is 2.27. The van der Waals surface area contributed by atoms with E-state index in [9.17, 15) is 4.79 Å². The quantitative estimate of drug-likeness (QED) is 0.729. The van der Waals surface area contributed by atoms with Gasteiger partial charge in [-0.2, -0.15) is 5.10 Å². The Hall–Kier alpha value is -1.16. The van der Waals surface area contributed by atoms with Crippen LogP contribution < -0.4 is 10.9 Å². The molecule has 0 spiro atoms. The second-order valence-electron chi connectivity index (χ2n) is 4.13. The van der Waals surface area contributed by atoms with Crippen molar-refractivity contribution in [2.24, 2.45) is 0 Å². The van der Waals surface area contributed by atoms with E-state index in [4.69, 9.17) is 0 Å². The molecule has 4 heteroatoms. The SMILES string of the molecule is O=c1ccc(C2CC2)nn1C1CNC1. The molecule has 0 amide bonds. The average molecular weight is 191 g/mol. The number of nitrogens with one attached hydrogen (secondary N) is 1. The van der Waals surface area contributed by atoms with Gasteiger partial charge >= 0.3 is 0 Å². The fourth-order valence-electron chi connectivity index (χ4n) is 1.74. The van der Waals surface area contributed by atoms with Crippen LogP contribution in [0.15, 0.2) is 16.9 Å². The molecule has 1 saturated carbocycles. The van der Waals surface area contributed by atoms with Crippen LogP contribution in [0.3, 0.4) is 0 Å². The summed E-state index contributed by atoms with van der Waals surface area (Å²) in [5.41, 5.74) is 1.12. The first-order valence-corrected chi connectivity index (χ1v) is 5.15. The Bertz CT molecular complexity index is 404. The summed E-state index contributed by atoms with van der Waals surface area (Å²) in [6.45, 7) is 1.75. The Kier molecular flexibility index (Phi) is 1.70. The summed E-state index contributed by atoms with van der Waals surface area (Å²) in [5, 5.41) is 7.57. The number of nitrogens with zero attached hydrogens (tertiary/aromatic N) is 2. The summed E-state index contributed by atoms with van der Waals surface area (Å²) in [6, 6.07) is 3.81. The van der Waals surface area contributed by atoms with Gasteiger partial charge in [-0.1, -0.05) is 0 Å². The highest BCUT2D eigenvalue weighted by molar-refractivity contribution is 5.13. The van der Waals surface area contributed by atoms with Gasteiger partial charge in [0.05, 0.1) is 11.7 Å². The smallest absolute Gasteiger partial charge is 0.267 e. The van der Waals surface area contributed by atoms with Crippen LogP contribution in [0.5, 0.6) is 0 Å². The van der Waals surface area contributed by atoms with Gasteiger partial charge in [0, 0.05) is 25.1 Å². The topological polar surface area (TPSA) is 46.9 Å². The maximum Gasteiger partial charge on any atom is 0.267 e. The van der Waals surface area contributed by atoms with Gasteiger partial charge < -0.3 is 5.32 Å². The first kappa shape index (κ1) is 8.17. The maximum atomic E-state index is 11.5. The lowest BCUT2D eigenvalue weighted by Crippen LogP contribution is -2.47. The van der Waals surface area contributed by atoms with Gasteiger partial charge in [0.2, 0.25) is 0 Å². The van der Waals surface area contributed by atoms with E-state index in [2.05, 4.69) is 10.4 Å².